The number of methoxy groups -OCH3 is 1. The fraction of sp³-hybridized carbons (Fsp3) is 0.385. The molecule has 1 unspecified atom stereocenters. The van der Waals surface area contributed by atoms with Crippen LogP contribution in [0.4, 0.5) is 8.78 Å². The quantitative estimate of drug-likeness (QED) is 0.788. The van der Waals surface area contributed by atoms with E-state index in [1.165, 1.54) is 13.2 Å². The van der Waals surface area contributed by atoms with Crippen molar-refractivity contribution in [3.8, 4) is 0 Å². The van der Waals surface area contributed by atoms with Crippen molar-refractivity contribution >= 4 is 11.9 Å². The molecule has 2 N–H and O–H groups in total. The second kappa shape index (κ2) is 7.54. The molecule has 0 aliphatic carbocycles. The second-order valence-electron chi connectivity index (χ2n) is 4.16. The van der Waals surface area contributed by atoms with Gasteiger partial charge in [0, 0.05) is 13.5 Å². The molecule has 5 nitrogen and oxygen atoms in total. The first-order valence-corrected chi connectivity index (χ1v) is 5.89. The Morgan fingerprint density at radius 3 is 2.60 bits per heavy atom. The molecule has 0 saturated heterocycles. The Morgan fingerprint density at radius 2 is 2.05 bits per heavy atom. The molecule has 7 heteroatoms. The molecule has 0 saturated carbocycles. The lowest BCUT2D eigenvalue weighted by molar-refractivity contribution is -0.143. The third-order valence-corrected chi connectivity index (χ3v) is 2.59. The van der Waals surface area contributed by atoms with Gasteiger partial charge in [0.2, 0.25) is 5.91 Å². The predicted octanol–water partition coefficient (Wildman–Crippen LogP) is 1.11. The number of carboxylic acids is 1. The number of halogens is 2. The summed E-state index contributed by atoms with van der Waals surface area (Å²) in [6.45, 7) is -0.147. The maximum absolute atomic E-state index is 13.0. The molecule has 1 aromatic rings. The van der Waals surface area contributed by atoms with Gasteiger partial charge in [0.25, 0.3) is 0 Å². The van der Waals surface area contributed by atoms with E-state index in [0.717, 1.165) is 12.1 Å². The van der Waals surface area contributed by atoms with Gasteiger partial charge in [-0.25, -0.2) is 13.6 Å². The normalized spacial score (nSPS) is 11.9. The maximum atomic E-state index is 13.0. The van der Waals surface area contributed by atoms with Gasteiger partial charge in [-0.3, -0.25) is 4.79 Å². The smallest absolute Gasteiger partial charge is 0.328 e. The number of carbonyl (C=O) groups excluding carboxylic acids is 1. The summed E-state index contributed by atoms with van der Waals surface area (Å²) >= 11 is 0. The minimum atomic E-state index is -1.20. The Hall–Kier alpha value is -2.02. The Kier molecular flexibility index (Phi) is 6.05. The molecule has 1 amide bonds. The monoisotopic (exact) mass is 287 g/mol. The first-order valence-electron chi connectivity index (χ1n) is 5.89. The van der Waals surface area contributed by atoms with E-state index in [1.807, 2.05) is 0 Å². The average Bonchev–Trinajstić information content (AvgIpc) is 2.39. The van der Waals surface area contributed by atoms with Gasteiger partial charge in [-0.1, -0.05) is 6.07 Å². The zero-order valence-corrected chi connectivity index (χ0v) is 10.9. The number of ether oxygens (including phenoxy) is 1. The van der Waals surface area contributed by atoms with Crippen molar-refractivity contribution < 1.29 is 28.2 Å². The minimum Gasteiger partial charge on any atom is -0.480 e. The third kappa shape index (κ3) is 4.93. The zero-order chi connectivity index (χ0) is 15.1. The van der Waals surface area contributed by atoms with E-state index >= 15 is 0 Å². The van der Waals surface area contributed by atoms with Crippen LogP contribution < -0.4 is 5.32 Å². The van der Waals surface area contributed by atoms with Crippen LogP contribution in [0.1, 0.15) is 12.0 Å². The van der Waals surface area contributed by atoms with Gasteiger partial charge in [-0.05, 0) is 24.1 Å². The molecule has 0 aliphatic heterocycles. The first-order chi connectivity index (χ1) is 9.43. The highest BCUT2D eigenvalue weighted by molar-refractivity contribution is 5.83. The van der Waals surface area contributed by atoms with Crippen LogP contribution >= 0.6 is 0 Å². The summed E-state index contributed by atoms with van der Waals surface area (Å²) in [5.41, 5.74) is 0.456. The highest BCUT2D eigenvalue weighted by atomic mass is 19.2. The number of rotatable bonds is 7. The summed E-state index contributed by atoms with van der Waals surface area (Å²) in [5, 5.41) is 11.1. The van der Waals surface area contributed by atoms with Gasteiger partial charge in [0.05, 0.1) is 6.61 Å². The topological polar surface area (TPSA) is 75.6 Å². The van der Waals surface area contributed by atoms with E-state index in [1.54, 1.807) is 0 Å². The molecule has 0 radical (unpaired) electrons. The molecule has 1 atom stereocenters. The van der Waals surface area contributed by atoms with Gasteiger partial charge in [0.1, 0.15) is 0 Å². The highest BCUT2D eigenvalue weighted by Gasteiger charge is 2.19. The lowest BCUT2D eigenvalue weighted by Gasteiger charge is -2.13. The van der Waals surface area contributed by atoms with Crippen LogP contribution in [0.25, 0.3) is 0 Å². The zero-order valence-electron chi connectivity index (χ0n) is 10.9. The molecule has 0 bridgehead atoms. The van der Waals surface area contributed by atoms with Crippen molar-refractivity contribution in [2.45, 2.75) is 18.9 Å². The number of hydrogen-bond donors (Lipinski definition) is 2. The molecule has 110 valence electrons. The molecule has 0 spiro atoms. The van der Waals surface area contributed by atoms with E-state index in [0.29, 0.717) is 5.56 Å². The van der Waals surface area contributed by atoms with E-state index in [-0.39, 0.29) is 19.4 Å². The number of aryl methyl sites for hydroxylation is 1. The number of benzene rings is 1. The van der Waals surface area contributed by atoms with Crippen molar-refractivity contribution in [2.24, 2.45) is 0 Å². The summed E-state index contributed by atoms with van der Waals surface area (Å²) in [5.74, 6) is -3.64. The van der Waals surface area contributed by atoms with Crippen molar-refractivity contribution in [3.05, 3.63) is 35.4 Å². The van der Waals surface area contributed by atoms with Crippen LogP contribution in [0.15, 0.2) is 18.2 Å². The third-order valence-electron chi connectivity index (χ3n) is 2.59. The number of carbonyl (C=O) groups is 2. The number of carboxylic acid groups (broad SMARTS) is 1. The highest BCUT2D eigenvalue weighted by Crippen LogP contribution is 2.10. The molecule has 0 heterocycles. The number of amides is 1. The number of hydrogen-bond acceptors (Lipinski definition) is 3. The number of aliphatic carboxylic acids is 1. The van der Waals surface area contributed by atoms with Gasteiger partial charge in [0.15, 0.2) is 17.7 Å². The van der Waals surface area contributed by atoms with Crippen LogP contribution in [0.3, 0.4) is 0 Å². The van der Waals surface area contributed by atoms with Gasteiger partial charge < -0.3 is 15.2 Å². The van der Waals surface area contributed by atoms with Crippen LogP contribution in [-0.2, 0) is 20.7 Å². The summed E-state index contributed by atoms with van der Waals surface area (Å²) in [6, 6.07) is 2.23. The van der Waals surface area contributed by atoms with E-state index < -0.39 is 29.6 Å². The van der Waals surface area contributed by atoms with Gasteiger partial charge >= 0.3 is 5.97 Å². The molecule has 0 aromatic heterocycles. The fourth-order valence-electron chi connectivity index (χ4n) is 1.56. The Labute approximate surface area is 114 Å². The fourth-order valence-corrected chi connectivity index (χ4v) is 1.56. The molecular formula is C13H15F2NO4. The van der Waals surface area contributed by atoms with Crippen LogP contribution in [-0.4, -0.2) is 36.7 Å². The van der Waals surface area contributed by atoms with Crippen LogP contribution in [0.2, 0.25) is 0 Å². The van der Waals surface area contributed by atoms with Crippen molar-refractivity contribution in [1.82, 2.24) is 5.32 Å². The lowest BCUT2D eigenvalue weighted by atomic mass is 10.1. The second-order valence-corrected chi connectivity index (χ2v) is 4.16. The van der Waals surface area contributed by atoms with Crippen molar-refractivity contribution in [1.29, 1.82) is 0 Å². The lowest BCUT2D eigenvalue weighted by Crippen LogP contribution is -2.43. The van der Waals surface area contributed by atoms with Gasteiger partial charge in [-0.2, -0.15) is 0 Å². The minimum absolute atomic E-state index is 0.0292. The maximum Gasteiger partial charge on any atom is 0.328 e. The first kappa shape index (κ1) is 16.0. The van der Waals surface area contributed by atoms with E-state index in [9.17, 15) is 18.4 Å². The van der Waals surface area contributed by atoms with Gasteiger partial charge in [-0.15, -0.1) is 0 Å². The van der Waals surface area contributed by atoms with Crippen LogP contribution in [0.5, 0.6) is 0 Å². The molecule has 0 fully saturated rings. The Balaban J connectivity index is 2.50. The summed E-state index contributed by atoms with van der Waals surface area (Å²) in [4.78, 5) is 22.4. The molecule has 20 heavy (non-hydrogen) atoms. The van der Waals surface area contributed by atoms with Crippen molar-refractivity contribution in [3.63, 3.8) is 0 Å². The SMILES string of the molecule is COCC(NC(=O)CCc1ccc(F)c(F)c1)C(=O)O. The molecule has 1 aromatic carbocycles. The van der Waals surface area contributed by atoms with Crippen molar-refractivity contribution in [2.75, 3.05) is 13.7 Å². The number of nitrogens with one attached hydrogen (secondary N) is 1. The summed E-state index contributed by atoms with van der Waals surface area (Å²) < 4.78 is 30.3. The summed E-state index contributed by atoms with van der Waals surface area (Å²) in [6.07, 6.45) is 0.154. The predicted molar refractivity (Wildman–Crippen MR) is 66.1 cm³/mol. The van der Waals surface area contributed by atoms with Crippen LogP contribution in [0, 0.1) is 11.6 Å². The van der Waals surface area contributed by atoms with E-state index in [4.69, 9.17) is 5.11 Å². The Bertz CT molecular complexity index is 493. The molecular weight excluding hydrogens is 272 g/mol. The molecule has 1 rings (SSSR count). The summed E-state index contributed by atoms with van der Waals surface area (Å²) in [7, 11) is 1.32. The van der Waals surface area contributed by atoms with E-state index in [2.05, 4.69) is 10.1 Å². The largest absolute Gasteiger partial charge is 0.480 e. The average molecular weight is 287 g/mol. The Morgan fingerprint density at radius 1 is 1.35 bits per heavy atom. The molecule has 0 aliphatic rings. The standard InChI is InChI=1S/C13H15F2NO4/c1-20-7-11(13(18)19)16-12(17)5-3-8-2-4-9(14)10(15)6-8/h2,4,6,11H,3,5,7H2,1H3,(H,16,17)(H,18,19).